The van der Waals surface area contributed by atoms with Crippen LogP contribution >= 0.6 is 0 Å². The fourth-order valence-corrected chi connectivity index (χ4v) is 2.05. The SMILES string of the molecule is C.NC(=O)N(N)c1ccc(-c2ccc(N(N)C(N)=O)cc2O)c(O)c1. The maximum Gasteiger partial charge on any atom is 0.333 e. The lowest BCUT2D eigenvalue weighted by Crippen LogP contribution is -2.41. The van der Waals surface area contributed by atoms with Gasteiger partial charge in [0, 0.05) is 23.3 Å². The third kappa shape index (κ3) is 3.88. The van der Waals surface area contributed by atoms with Gasteiger partial charge in [-0.05, 0) is 24.3 Å². The zero-order valence-corrected chi connectivity index (χ0v) is 12.4. The minimum absolute atomic E-state index is 0. The summed E-state index contributed by atoms with van der Waals surface area (Å²) in [5, 5.41) is 21.5. The zero-order chi connectivity index (χ0) is 18.0. The molecule has 0 aliphatic heterocycles. The van der Waals surface area contributed by atoms with Crippen molar-refractivity contribution in [1.29, 1.82) is 0 Å². The molecule has 0 aliphatic carbocycles. The molecule has 4 amide bonds. The molecule has 10 heteroatoms. The highest BCUT2D eigenvalue weighted by atomic mass is 16.3. The van der Waals surface area contributed by atoms with Crippen LogP contribution in [-0.2, 0) is 0 Å². The summed E-state index contributed by atoms with van der Waals surface area (Å²) in [5.41, 5.74) is 11.0. The van der Waals surface area contributed by atoms with Gasteiger partial charge in [0.15, 0.2) is 0 Å². The Bertz CT molecular complexity index is 743. The van der Waals surface area contributed by atoms with Crippen molar-refractivity contribution in [2.24, 2.45) is 23.2 Å². The van der Waals surface area contributed by atoms with Gasteiger partial charge in [-0.3, -0.25) is 0 Å². The Hall–Kier alpha value is -3.50. The number of benzene rings is 2. The van der Waals surface area contributed by atoms with E-state index in [0.717, 1.165) is 0 Å². The Labute approximate surface area is 143 Å². The maximum atomic E-state index is 11.0. The summed E-state index contributed by atoms with van der Waals surface area (Å²) in [6, 6.07) is 6.38. The molecule has 10 N–H and O–H groups in total. The van der Waals surface area contributed by atoms with Gasteiger partial charge in [-0.25, -0.2) is 31.3 Å². The first-order valence-corrected chi connectivity index (χ1v) is 6.57. The minimum atomic E-state index is -0.899. The van der Waals surface area contributed by atoms with E-state index in [0.29, 0.717) is 10.0 Å². The van der Waals surface area contributed by atoms with Crippen molar-refractivity contribution >= 4 is 23.4 Å². The zero-order valence-electron chi connectivity index (χ0n) is 12.4. The number of amides is 4. The van der Waals surface area contributed by atoms with Gasteiger partial charge >= 0.3 is 12.1 Å². The Morgan fingerprint density at radius 3 is 1.32 bits per heavy atom. The molecule has 0 spiro atoms. The van der Waals surface area contributed by atoms with Crippen LogP contribution < -0.4 is 33.2 Å². The molecule has 10 nitrogen and oxygen atoms in total. The molecule has 25 heavy (non-hydrogen) atoms. The summed E-state index contributed by atoms with van der Waals surface area (Å²) in [4.78, 5) is 22.0. The van der Waals surface area contributed by atoms with Crippen LogP contribution in [0.1, 0.15) is 7.43 Å². The number of hydrogen-bond donors (Lipinski definition) is 6. The van der Waals surface area contributed by atoms with E-state index in [1.54, 1.807) is 0 Å². The van der Waals surface area contributed by atoms with Gasteiger partial charge in [-0.2, -0.15) is 0 Å². The predicted octanol–water partition coefficient (Wildman–Crippen LogP) is 0.918. The number of nitrogens with zero attached hydrogens (tertiary/aromatic N) is 2. The van der Waals surface area contributed by atoms with Crippen LogP contribution in [0.15, 0.2) is 36.4 Å². The molecule has 0 saturated carbocycles. The van der Waals surface area contributed by atoms with E-state index < -0.39 is 12.1 Å². The molecule has 0 saturated heterocycles. The summed E-state index contributed by atoms with van der Waals surface area (Å²) in [5.74, 6) is 10.4. The smallest absolute Gasteiger partial charge is 0.333 e. The van der Waals surface area contributed by atoms with Crippen LogP contribution in [0.5, 0.6) is 11.5 Å². The van der Waals surface area contributed by atoms with Gasteiger partial charge in [0.05, 0.1) is 11.4 Å². The number of carbonyl (C=O) groups is 2. The van der Waals surface area contributed by atoms with E-state index >= 15 is 0 Å². The number of phenols is 2. The van der Waals surface area contributed by atoms with Gasteiger partial charge in [-0.1, -0.05) is 7.43 Å². The molecule has 134 valence electrons. The van der Waals surface area contributed by atoms with Crippen LogP contribution in [0.3, 0.4) is 0 Å². The molecule has 0 heterocycles. The number of aromatic hydroxyl groups is 2. The second kappa shape index (κ2) is 7.38. The first-order chi connectivity index (χ1) is 11.2. The van der Waals surface area contributed by atoms with Crippen molar-refractivity contribution in [3.8, 4) is 22.6 Å². The van der Waals surface area contributed by atoms with Crippen molar-refractivity contribution in [3.05, 3.63) is 36.4 Å². The number of hydrogen-bond acceptors (Lipinski definition) is 6. The topological polar surface area (TPSA) is 185 Å². The lowest BCUT2D eigenvalue weighted by Gasteiger charge is -2.17. The average Bonchev–Trinajstić information content (AvgIpc) is 2.53. The van der Waals surface area contributed by atoms with Crippen molar-refractivity contribution in [3.63, 3.8) is 0 Å². The number of hydrazine groups is 2. The highest BCUT2D eigenvalue weighted by molar-refractivity contribution is 5.92. The van der Waals surface area contributed by atoms with Gasteiger partial charge in [0.1, 0.15) is 11.5 Å². The lowest BCUT2D eigenvalue weighted by molar-refractivity contribution is 0.253. The van der Waals surface area contributed by atoms with Gasteiger partial charge in [-0.15, -0.1) is 0 Å². The largest absolute Gasteiger partial charge is 0.507 e. The Morgan fingerprint density at radius 2 is 1.08 bits per heavy atom. The number of nitrogens with two attached hydrogens (primary N) is 4. The van der Waals surface area contributed by atoms with E-state index in [1.165, 1.54) is 36.4 Å². The molecule has 2 aromatic carbocycles. The van der Waals surface area contributed by atoms with Crippen LogP contribution in [0.25, 0.3) is 11.1 Å². The molecule has 0 atom stereocenters. The first kappa shape index (κ1) is 19.5. The number of rotatable bonds is 3. The molecule has 2 rings (SSSR count). The molecule has 0 aromatic heterocycles. The average molecular weight is 348 g/mol. The molecule has 0 bridgehead atoms. The fraction of sp³-hybridized carbons (Fsp3) is 0.0667. The quantitative estimate of drug-likeness (QED) is 0.272. The number of anilines is 2. The predicted molar refractivity (Wildman–Crippen MR) is 94.4 cm³/mol. The molecule has 0 aliphatic rings. The molecule has 2 aromatic rings. The molecular weight excluding hydrogens is 328 g/mol. The summed E-state index contributed by atoms with van der Waals surface area (Å²) in [6.07, 6.45) is 0. The maximum absolute atomic E-state index is 11.0. The first-order valence-electron chi connectivity index (χ1n) is 6.57. The Kier molecular flexibility index (Phi) is 5.77. The van der Waals surface area contributed by atoms with E-state index in [1.807, 2.05) is 0 Å². The van der Waals surface area contributed by atoms with Crippen molar-refractivity contribution in [1.82, 2.24) is 0 Å². The number of carbonyl (C=O) groups excluding carboxylic acids is 2. The monoisotopic (exact) mass is 348 g/mol. The summed E-state index contributed by atoms with van der Waals surface area (Å²) >= 11 is 0. The number of phenolic OH excluding ortho intramolecular Hbond substituents is 2. The summed E-state index contributed by atoms with van der Waals surface area (Å²) in [7, 11) is 0. The fourth-order valence-electron chi connectivity index (χ4n) is 2.05. The van der Waals surface area contributed by atoms with Crippen LogP contribution in [0.4, 0.5) is 21.0 Å². The molecule has 0 unspecified atom stereocenters. The highest BCUT2D eigenvalue weighted by Gasteiger charge is 2.15. The summed E-state index contributed by atoms with van der Waals surface area (Å²) < 4.78 is 0. The van der Waals surface area contributed by atoms with Gasteiger partial charge in [0.2, 0.25) is 0 Å². The molecule has 0 fully saturated rings. The van der Waals surface area contributed by atoms with Gasteiger partial charge < -0.3 is 21.7 Å². The van der Waals surface area contributed by atoms with Gasteiger partial charge in [0.25, 0.3) is 0 Å². The van der Waals surface area contributed by atoms with E-state index in [2.05, 4.69) is 0 Å². The van der Waals surface area contributed by atoms with Crippen LogP contribution in [0, 0.1) is 0 Å². The molecule has 0 radical (unpaired) electrons. The van der Waals surface area contributed by atoms with Crippen LogP contribution in [-0.4, -0.2) is 22.3 Å². The minimum Gasteiger partial charge on any atom is -0.507 e. The van der Waals surface area contributed by atoms with Crippen molar-refractivity contribution < 1.29 is 19.8 Å². The standard InChI is InChI=1S/C14H16N6O4.CH4/c15-13(23)19(17)7-1-3-9(11(21)5-7)10-4-2-8(6-12(10)22)20(18)14(16)24;/h1-6,21-22H,17-18H2,(H2,15,23)(H2,16,24);1H4. The third-order valence-corrected chi connectivity index (χ3v) is 3.28. The Morgan fingerprint density at radius 1 is 0.760 bits per heavy atom. The van der Waals surface area contributed by atoms with Crippen molar-refractivity contribution in [2.45, 2.75) is 7.43 Å². The van der Waals surface area contributed by atoms with E-state index in [9.17, 15) is 19.8 Å². The second-order valence-electron chi connectivity index (χ2n) is 4.82. The second-order valence-corrected chi connectivity index (χ2v) is 4.82. The number of urea groups is 2. The van der Waals surface area contributed by atoms with Crippen molar-refractivity contribution in [2.75, 3.05) is 10.0 Å². The lowest BCUT2D eigenvalue weighted by atomic mass is 10.0. The summed E-state index contributed by atoms with van der Waals surface area (Å²) in [6.45, 7) is 0. The third-order valence-electron chi connectivity index (χ3n) is 3.28. The highest BCUT2D eigenvalue weighted by Crippen LogP contribution is 2.38. The van der Waals surface area contributed by atoms with E-state index in [4.69, 9.17) is 23.2 Å². The van der Waals surface area contributed by atoms with Crippen LogP contribution in [0.2, 0.25) is 0 Å². The van der Waals surface area contributed by atoms with E-state index in [-0.39, 0.29) is 41.4 Å². The number of primary amides is 2. The normalized spacial score (nSPS) is 9.84. The Balaban J connectivity index is 0.00000312. The molecular formula is C15H20N6O4.